The van der Waals surface area contributed by atoms with Crippen molar-refractivity contribution >= 4 is 16.7 Å². The molecular formula is C29H29N7O2. The largest absolute Gasteiger partial charge is 0.481 e. The van der Waals surface area contributed by atoms with Crippen LogP contribution >= 0.6 is 0 Å². The molecule has 1 atom stereocenters. The predicted molar refractivity (Wildman–Crippen MR) is 142 cm³/mol. The molecule has 0 radical (unpaired) electrons. The van der Waals surface area contributed by atoms with Crippen molar-refractivity contribution in [2.24, 2.45) is 13.0 Å². The van der Waals surface area contributed by atoms with Crippen molar-refractivity contribution in [1.82, 2.24) is 24.4 Å². The molecule has 192 valence electrons. The Hall–Kier alpha value is -4.31. The second-order valence-electron chi connectivity index (χ2n) is 9.89. The topological polar surface area (TPSA) is 104 Å². The van der Waals surface area contributed by atoms with Crippen molar-refractivity contribution in [3.05, 3.63) is 88.4 Å². The van der Waals surface area contributed by atoms with E-state index in [4.69, 9.17) is 16.3 Å². The van der Waals surface area contributed by atoms with Crippen LogP contribution < -0.4 is 4.74 Å². The Kier molecular flexibility index (Phi) is 6.81. The summed E-state index contributed by atoms with van der Waals surface area (Å²) in [7, 11) is 3.38. The fraction of sp³-hybridized carbons (Fsp3) is 0.345. The number of hydrogen-bond donors (Lipinski definition) is 1. The zero-order chi connectivity index (χ0) is 26.9. The number of imidazole rings is 1. The average molecular weight is 508 g/mol. The first kappa shape index (κ1) is 25.3. The summed E-state index contributed by atoms with van der Waals surface area (Å²) in [4.78, 5) is 18.9. The smallest absolute Gasteiger partial charge is 0.269 e. The Morgan fingerprint density at radius 3 is 2.58 bits per heavy atom. The molecule has 9 heteroatoms. The number of benzene rings is 1. The summed E-state index contributed by atoms with van der Waals surface area (Å²) in [5, 5.41) is 23.3. The van der Waals surface area contributed by atoms with Gasteiger partial charge in [0.2, 0.25) is 5.88 Å². The van der Waals surface area contributed by atoms with Gasteiger partial charge in [-0.3, -0.25) is 4.90 Å². The summed E-state index contributed by atoms with van der Waals surface area (Å²) in [5.41, 5.74) is 1.75. The molecular weight excluding hydrogens is 478 g/mol. The van der Waals surface area contributed by atoms with Crippen molar-refractivity contribution in [3.8, 4) is 11.9 Å². The number of rotatable bonds is 6. The Morgan fingerprint density at radius 2 is 1.97 bits per heavy atom. The lowest BCUT2D eigenvalue weighted by molar-refractivity contribution is 0.117. The highest BCUT2D eigenvalue weighted by Gasteiger charge is 2.38. The molecule has 3 aromatic heterocycles. The number of likely N-dealkylation sites (tertiary alicyclic amines) is 1. The lowest BCUT2D eigenvalue weighted by Crippen LogP contribution is -2.33. The van der Waals surface area contributed by atoms with Crippen LogP contribution in [-0.2, 0) is 19.2 Å². The molecule has 0 saturated carbocycles. The van der Waals surface area contributed by atoms with Crippen LogP contribution in [0.4, 0.5) is 5.82 Å². The summed E-state index contributed by atoms with van der Waals surface area (Å²) in [6.07, 6.45) is 6.96. The van der Waals surface area contributed by atoms with Gasteiger partial charge in [0.1, 0.15) is 12.3 Å². The van der Waals surface area contributed by atoms with Gasteiger partial charge in [0, 0.05) is 30.1 Å². The molecule has 1 N–H and O–H groups in total. The molecule has 0 amide bonds. The number of aryl methyl sites for hydroxylation is 1. The van der Waals surface area contributed by atoms with E-state index >= 15 is 0 Å². The van der Waals surface area contributed by atoms with Crippen molar-refractivity contribution < 1.29 is 9.84 Å². The normalized spacial score (nSPS) is 16.1. The molecule has 38 heavy (non-hydrogen) atoms. The van der Waals surface area contributed by atoms with Gasteiger partial charge in [-0.1, -0.05) is 25.6 Å². The number of nitrogens with zero attached hydrogens (tertiary/aromatic N) is 7. The first-order valence-corrected chi connectivity index (χ1v) is 12.6. The number of nitriles is 1. The molecule has 1 saturated heterocycles. The van der Waals surface area contributed by atoms with Gasteiger partial charge in [-0.2, -0.15) is 5.26 Å². The number of pyridine rings is 2. The molecule has 0 bridgehead atoms. The summed E-state index contributed by atoms with van der Waals surface area (Å²) in [6.45, 7) is 12.0. The molecule has 1 unspecified atom stereocenters. The van der Waals surface area contributed by atoms with Crippen molar-refractivity contribution in [3.63, 3.8) is 0 Å². The van der Waals surface area contributed by atoms with Gasteiger partial charge in [-0.05, 0) is 55.6 Å². The summed E-state index contributed by atoms with van der Waals surface area (Å²) >= 11 is 0. The third-order valence-electron chi connectivity index (χ3n) is 7.50. The van der Waals surface area contributed by atoms with Crippen LogP contribution in [-0.4, -0.2) is 49.7 Å². The molecule has 0 aliphatic carbocycles. The van der Waals surface area contributed by atoms with Crippen LogP contribution in [0, 0.1) is 23.8 Å². The summed E-state index contributed by atoms with van der Waals surface area (Å²) < 4.78 is 7.38. The molecule has 0 spiro atoms. The van der Waals surface area contributed by atoms with Gasteiger partial charge in [0.25, 0.3) is 5.82 Å². The fourth-order valence-electron chi connectivity index (χ4n) is 5.23. The van der Waals surface area contributed by atoms with Crippen molar-refractivity contribution in [2.45, 2.75) is 31.9 Å². The minimum absolute atomic E-state index is 0.236. The van der Waals surface area contributed by atoms with E-state index in [1.807, 2.05) is 6.07 Å². The Balaban J connectivity index is 1.69. The van der Waals surface area contributed by atoms with E-state index < -0.39 is 5.60 Å². The van der Waals surface area contributed by atoms with Crippen LogP contribution in [0.25, 0.3) is 15.7 Å². The van der Waals surface area contributed by atoms with E-state index in [9.17, 15) is 10.4 Å². The van der Waals surface area contributed by atoms with Crippen LogP contribution in [0.5, 0.6) is 5.88 Å². The van der Waals surface area contributed by atoms with Gasteiger partial charge in [0.15, 0.2) is 5.60 Å². The monoisotopic (exact) mass is 507 g/mol. The maximum absolute atomic E-state index is 12.3. The second kappa shape index (κ2) is 10.2. The minimum Gasteiger partial charge on any atom is -0.481 e. The highest BCUT2D eigenvalue weighted by atomic mass is 16.5. The number of fused-ring (bicyclic) bond motifs is 1. The van der Waals surface area contributed by atoms with Gasteiger partial charge in [-0.25, -0.2) is 9.97 Å². The molecule has 1 aromatic carbocycles. The Morgan fingerprint density at radius 1 is 1.21 bits per heavy atom. The van der Waals surface area contributed by atoms with Crippen molar-refractivity contribution in [1.29, 1.82) is 5.26 Å². The van der Waals surface area contributed by atoms with E-state index in [-0.39, 0.29) is 5.82 Å². The molecule has 4 heterocycles. The SMILES string of the molecule is [C-]#[N+]c1ccc(C(O)(c2ccc3nc(OC)c(CN4CCC(C)CC4)c(C#N)c3c2)c2cncn2C)cn1. The van der Waals surface area contributed by atoms with E-state index in [0.717, 1.165) is 31.5 Å². The zero-order valence-corrected chi connectivity index (χ0v) is 21.7. The lowest BCUT2D eigenvalue weighted by Gasteiger charge is -2.31. The molecule has 9 nitrogen and oxygen atoms in total. The van der Waals surface area contributed by atoms with Gasteiger partial charge >= 0.3 is 0 Å². The molecule has 5 rings (SSSR count). The zero-order valence-electron chi connectivity index (χ0n) is 21.7. The van der Waals surface area contributed by atoms with E-state index in [0.29, 0.717) is 51.6 Å². The molecule has 4 aromatic rings. The summed E-state index contributed by atoms with van der Waals surface area (Å²) in [5.74, 6) is 1.38. The highest BCUT2D eigenvalue weighted by molar-refractivity contribution is 5.88. The van der Waals surface area contributed by atoms with E-state index in [2.05, 4.69) is 32.7 Å². The standard InChI is InChI=1S/C29H29N7O2/c1-19-9-11-36(12-10-19)17-24-23(14-30)22-13-20(5-7-25(22)34-28(24)38-4)29(37,26-16-32-18-35(26)3)21-6-8-27(31-2)33-15-21/h5-8,13,15-16,18-19,37H,9-12,17H2,1,3-4H3. The number of piperidine rings is 1. The first-order valence-electron chi connectivity index (χ1n) is 12.6. The van der Waals surface area contributed by atoms with Gasteiger partial charge in [-0.15, -0.1) is 4.98 Å². The number of hydrogen-bond acceptors (Lipinski definition) is 7. The molecule has 1 aliphatic rings. The van der Waals surface area contributed by atoms with Gasteiger partial charge < -0.3 is 19.3 Å². The third kappa shape index (κ3) is 4.37. The van der Waals surface area contributed by atoms with E-state index in [1.54, 1.807) is 55.5 Å². The van der Waals surface area contributed by atoms with Crippen LogP contribution in [0.15, 0.2) is 49.1 Å². The Labute approximate surface area is 221 Å². The van der Waals surface area contributed by atoms with Gasteiger partial charge in [0.05, 0.1) is 36.4 Å². The number of ether oxygens (including phenoxy) is 1. The average Bonchev–Trinajstić information content (AvgIpc) is 3.39. The lowest BCUT2D eigenvalue weighted by atomic mass is 9.83. The maximum Gasteiger partial charge on any atom is 0.269 e. The number of aromatic nitrogens is 4. The van der Waals surface area contributed by atoms with Crippen LogP contribution in [0.3, 0.4) is 0 Å². The molecule has 1 fully saturated rings. The third-order valence-corrected chi connectivity index (χ3v) is 7.50. The highest BCUT2D eigenvalue weighted by Crippen LogP contribution is 2.39. The number of methoxy groups -OCH3 is 1. The van der Waals surface area contributed by atoms with Crippen LogP contribution in [0.2, 0.25) is 0 Å². The second-order valence-corrected chi connectivity index (χ2v) is 9.89. The van der Waals surface area contributed by atoms with Crippen molar-refractivity contribution in [2.75, 3.05) is 20.2 Å². The van der Waals surface area contributed by atoms with E-state index in [1.165, 1.54) is 6.20 Å². The minimum atomic E-state index is -1.64. The summed E-state index contributed by atoms with van der Waals surface area (Å²) in [6, 6.07) is 11.1. The maximum atomic E-state index is 12.3. The quantitative estimate of drug-likeness (QED) is 0.388. The van der Waals surface area contributed by atoms with Crippen LogP contribution in [0.1, 0.15) is 47.7 Å². The predicted octanol–water partition coefficient (Wildman–Crippen LogP) is 4.31. The first-order chi connectivity index (χ1) is 18.4. The number of aliphatic hydroxyl groups is 1. The Bertz CT molecular complexity index is 1560. The molecule has 1 aliphatic heterocycles. The fourth-order valence-corrected chi connectivity index (χ4v) is 5.23.